The molecule has 1 heteroatoms. The molecular formula is C21H20S. The summed E-state index contributed by atoms with van der Waals surface area (Å²) in [5.74, 6) is 0.540. The Hall–Kier alpha value is -1.73. The van der Waals surface area contributed by atoms with Crippen molar-refractivity contribution >= 4 is 11.8 Å². The van der Waals surface area contributed by atoms with Crippen molar-refractivity contribution in [2.45, 2.75) is 36.3 Å². The summed E-state index contributed by atoms with van der Waals surface area (Å²) in [6.45, 7) is 4.49. The van der Waals surface area contributed by atoms with Crippen molar-refractivity contribution in [2.75, 3.05) is 0 Å². The normalized spacial score (nSPS) is 21.7. The molecule has 0 radical (unpaired) electrons. The van der Waals surface area contributed by atoms with E-state index in [1.54, 1.807) is 0 Å². The SMILES string of the molecule is CCc1ccccc1-c1c(C)ccc2c1SC1C=CC=CC21. The van der Waals surface area contributed by atoms with E-state index >= 15 is 0 Å². The smallest absolute Gasteiger partial charge is 0.0381 e. The van der Waals surface area contributed by atoms with E-state index in [2.05, 4.69) is 74.5 Å². The van der Waals surface area contributed by atoms with Gasteiger partial charge in [-0.15, -0.1) is 11.8 Å². The number of thioether (sulfide) groups is 1. The predicted molar refractivity (Wildman–Crippen MR) is 96.7 cm³/mol. The molecule has 1 aliphatic heterocycles. The van der Waals surface area contributed by atoms with Crippen LogP contribution in [-0.4, -0.2) is 5.25 Å². The minimum absolute atomic E-state index is 0.540. The first-order valence-electron chi connectivity index (χ1n) is 8.03. The Morgan fingerprint density at radius 2 is 1.82 bits per heavy atom. The van der Waals surface area contributed by atoms with Crippen molar-refractivity contribution in [1.29, 1.82) is 0 Å². The number of allylic oxidation sites excluding steroid dienone is 3. The van der Waals surface area contributed by atoms with Crippen molar-refractivity contribution < 1.29 is 0 Å². The van der Waals surface area contributed by atoms with Gasteiger partial charge in [-0.2, -0.15) is 0 Å². The number of hydrogen-bond acceptors (Lipinski definition) is 1. The molecule has 22 heavy (non-hydrogen) atoms. The van der Waals surface area contributed by atoms with Crippen LogP contribution >= 0.6 is 11.8 Å². The van der Waals surface area contributed by atoms with Gasteiger partial charge in [0, 0.05) is 16.1 Å². The monoisotopic (exact) mass is 304 g/mol. The molecule has 0 spiro atoms. The van der Waals surface area contributed by atoms with Crippen LogP contribution in [-0.2, 0) is 6.42 Å². The number of aryl methyl sites for hydroxylation is 2. The van der Waals surface area contributed by atoms with Gasteiger partial charge in [0.1, 0.15) is 0 Å². The molecule has 0 saturated carbocycles. The van der Waals surface area contributed by atoms with Crippen LogP contribution in [0.1, 0.15) is 29.5 Å². The Bertz CT molecular complexity index is 782. The molecule has 2 aromatic carbocycles. The van der Waals surface area contributed by atoms with Crippen LogP contribution in [0, 0.1) is 6.92 Å². The van der Waals surface area contributed by atoms with E-state index in [9.17, 15) is 0 Å². The molecule has 110 valence electrons. The van der Waals surface area contributed by atoms with Crippen LogP contribution < -0.4 is 0 Å². The van der Waals surface area contributed by atoms with Crippen LogP contribution in [0.5, 0.6) is 0 Å². The van der Waals surface area contributed by atoms with E-state index in [1.807, 2.05) is 11.8 Å². The van der Waals surface area contributed by atoms with Gasteiger partial charge in [-0.1, -0.05) is 67.6 Å². The molecule has 2 aromatic rings. The fraction of sp³-hybridized carbons (Fsp3) is 0.238. The van der Waals surface area contributed by atoms with Gasteiger partial charge in [0.2, 0.25) is 0 Å². The highest BCUT2D eigenvalue weighted by molar-refractivity contribution is 8.00. The highest BCUT2D eigenvalue weighted by atomic mass is 32.2. The zero-order valence-electron chi connectivity index (χ0n) is 13.0. The first kappa shape index (κ1) is 13.9. The average molecular weight is 304 g/mol. The van der Waals surface area contributed by atoms with E-state index < -0.39 is 0 Å². The Balaban J connectivity index is 1.94. The first-order valence-corrected chi connectivity index (χ1v) is 8.91. The molecule has 0 N–H and O–H groups in total. The topological polar surface area (TPSA) is 0 Å². The van der Waals surface area contributed by atoms with Gasteiger partial charge in [0.15, 0.2) is 0 Å². The molecule has 2 aliphatic rings. The van der Waals surface area contributed by atoms with Gasteiger partial charge in [-0.25, -0.2) is 0 Å². The summed E-state index contributed by atoms with van der Waals surface area (Å²) < 4.78 is 0. The Morgan fingerprint density at radius 1 is 1.00 bits per heavy atom. The van der Waals surface area contributed by atoms with Crippen LogP contribution in [0.15, 0.2) is 65.6 Å². The second-order valence-electron chi connectivity index (χ2n) is 6.06. The number of hydrogen-bond donors (Lipinski definition) is 0. The third-order valence-electron chi connectivity index (χ3n) is 4.76. The molecular weight excluding hydrogens is 284 g/mol. The molecule has 0 nitrogen and oxygen atoms in total. The van der Waals surface area contributed by atoms with Crippen molar-refractivity contribution in [3.05, 3.63) is 77.4 Å². The fourth-order valence-corrected chi connectivity index (χ4v) is 5.16. The average Bonchev–Trinajstić information content (AvgIpc) is 2.93. The van der Waals surface area contributed by atoms with Gasteiger partial charge in [-0.05, 0) is 41.2 Å². The second-order valence-corrected chi connectivity index (χ2v) is 7.25. The summed E-state index contributed by atoms with van der Waals surface area (Å²) in [6, 6.07) is 13.5. The minimum atomic E-state index is 0.540. The number of rotatable bonds is 2. The van der Waals surface area contributed by atoms with Crippen molar-refractivity contribution in [1.82, 2.24) is 0 Å². The Morgan fingerprint density at radius 3 is 2.68 bits per heavy atom. The van der Waals surface area contributed by atoms with Crippen LogP contribution in [0.3, 0.4) is 0 Å². The van der Waals surface area contributed by atoms with Crippen molar-refractivity contribution in [3.63, 3.8) is 0 Å². The lowest BCUT2D eigenvalue weighted by atomic mass is 9.87. The maximum absolute atomic E-state index is 2.36. The van der Waals surface area contributed by atoms with E-state index in [1.165, 1.54) is 32.7 Å². The number of fused-ring (bicyclic) bond motifs is 3. The molecule has 2 unspecified atom stereocenters. The highest BCUT2D eigenvalue weighted by Crippen LogP contribution is 2.52. The summed E-state index contributed by atoms with van der Waals surface area (Å²) >= 11 is 2.04. The van der Waals surface area contributed by atoms with Crippen molar-refractivity contribution in [3.8, 4) is 11.1 Å². The Labute approximate surface area is 137 Å². The predicted octanol–water partition coefficient (Wildman–Crippen LogP) is 5.91. The summed E-state index contributed by atoms with van der Waals surface area (Å²) in [5.41, 5.74) is 7.20. The lowest BCUT2D eigenvalue weighted by Gasteiger charge is -2.16. The molecule has 4 rings (SSSR count). The first-order chi connectivity index (χ1) is 10.8. The fourth-order valence-electron chi connectivity index (χ4n) is 3.61. The summed E-state index contributed by atoms with van der Waals surface area (Å²) in [5, 5.41) is 0.564. The lowest BCUT2D eigenvalue weighted by Crippen LogP contribution is -2.06. The molecule has 1 aliphatic carbocycles. The second kappa shape index (κ2) is 5.48. The van der Waals surface area contributed by atoms with E-state index in [0.29, 0.717) is 11.2 Å². The van der Waals surface area contributed by atoms with Gasteiger partial charge in [0.05, 0.1) is 0 Å². The van der Waals surface area contributed by atoms with Crippen molar-refractivity contribution in [2.24, 2.45) is 0 Å². The number of benzene rings is 2. The quantitative estimate of drug-likeness (QED) is 0.664. The largest absolute Gasteiger partial charge is 0.117 e. The zero-order chi connectivity index (χ0) is 15.1. The van der Waals surface area contributed by atoms with Crippen LogP contribution in [0.25, 0.3) is 11.1 Å². The highest BCUT2D eigenvalue weighted by Gasteiger charge is 2.33. The Kier molecular flexibility index (Phi) is 3.46. The summed E-state index contributed by atoms with van der Waals surface area (Å²) in [4.78, 5) is 1.49. The molecule has 2 atom stereocenters. The summed E-state index contributed by atoms with van der Waals surface area (Å²) in [7, 11) is 0. The molecule has 0 amide bonds. The van der Waals surface area contributed by atoms with Gasteiger partial charge < -0.3 is 0 Å². The minimum Gasteiger partial charge on any atom is -0.117 e. The molecule has 0 saturated heterocycles. The zero-order valence-corrected chi connectivity index (χ0v) is 13.9. The van der Waals surface area contributed by atoms with Crippen LogP contribution in [0.2, 0.25) is 0 Å². The van der Waals surface area contributed by atoms with Gasteiger partial charge in [0.25, 0.3) is 0 Å². The van der Waals surface area contributed by atoms with E-state index in [-0.39, 0.29) is 0 Å². The molecule has 0 aromatic heterocycles. The van der Waals surface area contributed by atoms with Gasteiger partial charge >= 0.3 is 0 Å². The molecule has 0 fully saturated rings. The van der Waals surface area contributed by atoms with E-state index in [4.69, 9.17) is 0 Å². The molecule has 0 bridgehead atoms. The van der Waals surface area contributed by atoms with Gasteiger partial charge in [-0.3, -0.25) is 0 Å². The standard InChI is InChI=1S/C21H20S/c1-3-15-8-4-5-9-16(15)20-14(2)12-13-18-17-10-6-7-11-19(17)22-21(18)20/h4-13,17,19H,3H2,1-2H3. The lowest BCUT2D eigenvalue weighted by molar-refractivity contribution is 0.880. The maximum Gasteiger partial charge on any atom is 0.0381 e. The maximum atomic E-state index is 2.36. The third-order valence-corrected chi connectivity index (χ3v) is 6.16. The third kappa shape index (κ3) is 2.07. The molecule has 1 heterocycles. The summed E-state index contributed by atoms with van der Waals surface area (Å²) in [6.07, 6.45) is 10.2. The van der Waals surface area contributed by atoms with Crippen LogP contribution in [0.4, 0.5) is 0 Å². The van der Waals surface area contributed by atoms with E-state index in [0.717, 1.165) is 6.42 Å².